The van der Waals surface area contributed by atoms with Crippen molar-refractivity contribution in [1.29, 1.82) is 0 Å². The van der Waals surface area contributed by atoms with Gasteiger partial charge in [-0.2, -0.15) is 4.98 Å². The normalized spacial score (nSPS) is 23.4. The van der Waals surface area contributed by atoms with Gasteiger partial charge in [-0.25, -0.2) is 0 Å². The largest absolute Gasteiger partial charge is 0.339 e. The van der Waals surface area contributed by atoms with Crippen LogP contribution in [0.5, 0.6) is 0 Å². The van der Waals surface area contributed by atoms with Crippen molar-refractivity contribution in [3.63, 3.8) is 0 Å². The number of hydrogen-bond donors (Lipinski definition) is 1. The summed E-state index contributed by atoms with van der Waals surface area (Å²) in [5.41, 5.74) is 0.674. The van der Waals surface area contributed by atoms with Crippen LogP contribution >= 0.6 is 11.6 Å². The second-order valence-corrected chi connectivity index (χ2v) is 5.00. The van der Waals surface area contributed by atoms with Gasteiger partial charge in [-0.05, 0) is 24.6 Å². The van der Waals surface area contributed by atoms with Crippen molar-refractivity contribution in [2.75, 3.05) is 13.1 Å². The Balaban J connectivity index is 1.87. The van der Waals surface area contributed by atoms with E-state index in [0.717, 1.165) is 13.1 Å². The summed E-state index contributed by atoms with van der Waals surface area (Å²) in [6.07, 6.45) is 1.58. The molecule has 1 aliphatic rings. The van der Waals surface area contributed by atoms with Gasteiger partial charge < -0.3 is 9.84 Å². The second kappa shape index (κ2) is 4.66. The van der Waals surface area contributed by atoms with Crippen molar-refractivity contribution < 1.29 is 4.52 Å². The number of nitrogens with one attached hydrogen (secondary N) is 1. The van der Waals surface area contributed by atoms with Crippen LogP contribution in [-0.2, 0) is 0 Å². The molecule has 1 N–H and O–H groups in total. The van der Waals surface area contributed by atoms with Gasteiger partial charge in [-0.1, -0.05) is 23.7 Å². The molecule has 1 saturated heterocycles. The summed E-state index contributed by atoms with van der Waals surface area (Å²) in [6.45, 7) is 4.05. The lowest BCUT2D eigenvalue weighted by Gasteiger charge is -2.07. The minimum atomic E-state index is 0.290. The van der Waals surface area contributed by atoms with Gasteiger partial charge in [0.25, 0.3) is 0 Å². The van der Waals surface area contributed by atoms with Gasteiger partial charge in [0.15, 0.2) is 0 Å². The Labute approximate surface area is 110 Å². The van der Waals surface area contributed by atoms with E-state index in [4.69, 9.17) is 16.1 Å². The molecule has 0 aliphatic carbocycles. The van der Waals surface area contributed by atoms with Crippen LogP contribution in [0.3, 0.4) is 0 Å². The van der Waals surface area contributed by atoms with E-state index in [2.05, 4.69) is 27.4 Å². The van der Waals surface area contributed by atoms with Gasteiger partial charge in [-0.15, -0.1) is 0 Å². The molecule has 2 aromatic rings. The number of hydrogen-bond acceptors (Lipinski definition) is 5. The molecule has 2 aromatic heterocycles. The smallest absolute Gasteiger partial charge is 0.231 e. The van der Waals surface area contributed by atoms with E-state index < -0.39 is 0 Å². The minimum absolute atomic E-state index is 0.290. The van der Waals surface area contributed by atoms with Gasteiger partial charge in [0.1, 0.15) is 5.69 Å². The highest BCUT2D eigenvalue weighted by Gasteiger charge is 2.29. The molecule has 2 atom stereocenters. The Morgan fingerprint density at radius 3 is 2.94 bits per heavy atom. The fourth-order valence-electron chi connectivity index (χ4n) is 2.14. The van der Waals surface area contributed by atoms with Crippen molar-refractivity contribution in [1.82, 2.24) is 20.4 Å². The topological polar surface area (TPSA) is 63.8 Å². The Bertz CT molecular complexity index is 539. The van der Waals surface area contributed by atoms with Crippen molar-refractivity contribution in [3.8, 4) is 11.5 Å². The average molecular weight is 265 g/mol. The summed E-state index contributed by atoms with van der Waals surface area (Å²) in [7, 11) is 0. The number of rotatable bonds is 2. The van der Waals surface area contributed by atoms with E-state index >= 15 is 0 Å². The zero-order valence-corrected chi connectivity index (χ0v) is 10.7. The average Bonchev–Trinajstić information content (AvgIpc) is 2.98. The van der Waals surface area contributed by atoms with E-state index in [0.29, 0.717) is 34.3 Å². The molecular weight excluding hydrogens is 252 g/mol. The van der Waals surface area contributed by atoms with Gasteiger partial charge in [0.2, 0.25) is 11.7 Å². The van der Waals surface area contributed by atoms with Crippen LogP contribution in [0.15, 0.2) is 22.9 Å². The predicted molar refractivity (Wildman–Crippen MR) is 67.3 cm³/mol. The highest BCUT2D eigenvalue weighted by molar-refractivity contribution is 6.30. The number of aromatic nitrogens is 3. The molecule has 1 aliphatic heterocycles. The molecule has 2 unspecified atom stereocenters. The molecule has 0 saturated carbocycles. The van der Waals surface area contributed by atoms with Crippen LogP contribution in [0.4, 0.5) is 0 Å². The van der Waals surface area contributed by atoms with Crippen LogP contribution in [0.1, 0.15) is 18.7 Å². The van der Waals surface area contributed by atoms with Crippen molar-refractivity contribution in [2.45, 2.75) is 12.8 Å². The van der Waals surface area contributed by atoms with Crippen LogP contribution in [0.25, 0.3) is 11.5 Å². The van der Waals surface area contributed by atoms with Crippen molar-refractivity contribution in [3.05, 3.63) is 29.2 Å². The van der Waals surface area contributed by atoms with Gasteiger partial charge >= 0.3 is 0 Å². The third-order valence-corrected chi connectivity index (χ3v) is 3.46. The quantitative estimate of drug-likeness (QED) is 0.900. The monoisotopic (exact) mass is 264 g/mol. The zero-order valence-electron chi connectivity index (χ0n) is 9.93. The highest BCUT2D eigenvalue weighted by Crippen LogP contribution is 2.27. The van der Waals surface area contributed by atoms with E-state index in [-0.39, 0.29) is 0 Å². The van der Waals surface area contributed by atoms with E-state index in [1.165, 1.54) is 0 Å². The van der Waals surface area contributed by atoms with Crippen molar-refractivity contribution >= 4 is 11.6 Å². The van der Waals surface area contributed by atoms with Gasteiger partial charge in [0.05, 0.1) is 10.9 Å². The molecular formula is C12H13ClN4O. The summed E-state index contributed by atoms with van der Waals surface area (Å²) >= 11 is 5.79. The first-order valence-electron chi connectivity index (χ1n) is 5.90. The first-order valence-corrected chi connectivity index (χ1v) is 6.28. The lowest BCUT2D eigenvalue weighted by atomic mass is 9.98. The van der Waals surface area contributed by atoms with Gasteiger partial charge in [-0.3, -0.25) is 4.98 Å². The van der Waals surface area contributed by atoms with Gasteiger partial charge in [0, 0.05) is 12.7 Å². The summed E-state index contributed by atoms with van der Waals surface area (Å²) in [5, 5.41) is 7.89. The van der Waals surface area contributed by atoms with Crippen molar-refractivity contribution in [2.24, 2.45) is 5.92 Å². The summed E-state index contributed by atoms with van der Waals surface area (Å²) in [5.74, 6) is 2.00. The SMILES string of the molecule is CC1CNCC1c1nc(-c2ccc(Cl)cn2)no1. The molecule has 0 aromatic carbocycles. The van der Waals surface area contributed by atoms with Crippen LogP contribution < -0.4 is 5.32 Å². The molecule has 1 fully saturated rings. The fourth-order valence-corrected chi connectivity index (χ4v) is 2.25. The molecule has 3 heterocycles. The first-order chi connectivity index (χ1) is 8.74. The summed E-state index contributed by atoms with van der Waals surface area (Å²) in [4.78, 5) is 8.59. The maximum atomic E-state index is 5.79. The molecule has 0 bridgehead atoms. The lowest BCUT2D eigenvalue weighted by Crippen LogP contribution is -2.08. The molecule has 94 valence electrons. The fraction of sp³-hybridized carbons (Fsp3) is 0.417. The number of nitrogens with zero attached hydrogens (tertiary/aromatic N) is 3. The molecule has 5 nitrogen and oxygen atoms in total. The Hall–Kier alpha value is -1.46. The number of halogens is 1. The van der Waals surface area contributed by atoms with Crippen LogP contribution in [0, 0.1) is 5.92 Å². The maximum absolute atomic E-state index is 5.79. The predicted octanol–water partition coefficient (Wildman–Crippen LogP) is 2.11. The van der Waals surface area contributed by atoms with Crippen LogP contribution in [-0.4, -0.2) is 28.2 Å². The molecule has 0 radical (unpaired) electrons. The third-order valence-electron chi connectivity index (χ3n) is 3.23. The summed E-state index contributed by atoms with van der Waals surface area (Å²) in [6, 6.07) is 3.55. The maximum Gasteiger partial charge on any atom is 0.231 e. The first kappa shape index (κ1) is 11.6. The Morgan fingerprint density at radius 2 is 2.28 bits per heavy atom. The van der Waals surface area contributed by atoms with Crippen LogP contribution in [0.2, 0.25) is 5.02 Å². The number of pyridine rings is 1. The van der Waals surface area contributed by atoms with E-state index in [1.807, 2.05) is 0 Å². The lowest BCUT2D eigenvalue weighted by molar-refractivity contribution is 0.340. The molecule has 18 heavy (non-hydrogen) atoms. The van der Waals surface area contributed by atoms with E-state index in [9.17, 15) is 0 Å². The zero-order chi connectivity index (χ0) is 12.5. The van der Waals surface area contributed by atoms with E-state index in [1.54, 1.807) is 18.3 Å². The Kier molecular flexibility index (Phi) is 3.01. The standard InChI is InChI=1S/C12H13ClN4O/c1-7-4-14-6-9(7)12-16-11(17-18-12)10-3-2-8(13)5-15-10/h2-3,5,7,9,14H,4,6H2,1H3. The minimum Gasteiger partial charge on any atom is -0.339 e. The Morgan fingerprint density at radius 1 is 1.39 bits per heavy atom. The molecule has 0 spiro atoms. The third kappa shape index (κ3) is 2.11. The summed E-state index contributed by atoms with van der Waals surface area (Å²) < 4.78 is 5.33. The molecule has 0 amide bonds. The second-order valence-electron chi connectivity index (χ2n) is 4.56. The molecule has 3 rings (SSSR count). The highest BCUT2D eigenvalue weighted by atomic mass is 35.5. The molecule has 6 heteroatoms.